The minimum absolute atomic E-state index is 0.0659. The Labute approximate surface area is 81.3 Å². The molecule has 0 fully saturated rings. The molecule has 0 amide bonds. The highest BCUT2D eigenvalue weighted by Crippen LogP contribution is 2.35. The number of H-pyrrole nitrogens is 1. The average molecular weight is 189 g/mol. The van der Waals surface area contributed by atoms with Crippen LogP contribution in [-0.4, -0.2) is 17.1 Å². The second-order valence-electron chi connectivity index (χ2n) is 3.17. The molecule has 0 radical (unpaired) electrons. The summed E-state index contributed by atoms with van der Waals surface area (Å²) in [6, 6.07) is 5.86. The zero-order chi connectivity index (χ0) is 10.1. The number of nitrogens with zero attached hydrogens (tertiary/aromatic N) is 2. The number of benzene rings is 1. The summed E-state index contributed by atoms with van der Waals surface area (Å²) in [6.45, 7) is 2.00. The van der Waals surface area contributed by atoms with E-state index in [9.17, 15) is 5.11 Å². The van der Waals surface area contributed by atoms with Crippen LogP contribution in [0.2, 0.25) is 0 Å². The number of aromatic hydroxyl groups is 1. The maximum absolute atomic E-state index is 9.55. The van der Waals surface area contributed by atoms with Gasteiger partial charge in [-0.15, -0.1) is 5.11 Å². The second kappa shape index (κ2) is 3.14. The Balaban J connectivity index is 2.79. The third kappa shape index (κ3) is 1.25. The van der Waals surface area contributed by atoms with Gasteiger partial charge in [-0.1, -0.05) is 11.6 Å². The molecule has 2 rings (SSSR count). The van der Waals surface area contributed by atoms with Crippen LogP contribution in [0.25, 0.3) is 10.9 Å². The van der Waals surface area contributed by atoms with Crippen molar-refractivity contribution < 1.29 is 5.11 Å². The van der Waals surface area contributed by atoms with E-state index in [-0.39, 0.29) is 5.88 Å². The molecule has 4 nitrogen and oxygen atoms in total. The van der Waals surface area contributed by atoms with Crippen molar-refractivity contribution in [3.63, 3.8) is 0 Å². The van der Waals surface area contributed by atoms with E-state index in [4.69, 9.17) is 0 Å². The van der Waals surface area contributed by atoms with Crippen LogP contribution in [0.1, 0.15) is 5.56 Å². The van der Waals surface area contributed by atoms with Crippen molar-refractivity contribution in [1.82, 2.24) is 4.98 Å². The number of rotatable bonds is 1. The Morgan fingerprint density at radius 3 is 2.86 bits per heavy atom. The first-order valence-corrected chi connectivity index (χ1v) is 4.33. The van der Waals surface area contributed by atoms with Crippen molar-refractivity contribution in [2.24, 2.45) is 10.2 Å². The van der Waals surface area contributed by atoms with E-state index in [1.807, 2.05) is 25.1 Å². The van der Waals surface area contributed by atoms with Gasteiger partial charge < -0.3 is 10.1 Å². The molecular weight excluding hydrogens is 178 g/mol. The van der Waals surface area contributed by atoms with Gasteiger partial charge in [0.25, 0.3) is 0 Å². The third-order valence-electron chi connectivity index (χ3n) is 2.11. The number of fused-ring (bicyclic) bond motifs is 1. The maximum Gasteiger partial charge on any atom is 0.218 e. The highest BCUT2D eigenvalue weighted by atomic mass is 16.3. The van der Waals surface area contributed by atoms with Crippen molar-refractivity contribution in [2.75, 3.05) is 7.05 Å². The molecule has 2 aromatic rings. The lowest BCUT2D eigenvalue weighted by molar-refractivity contribution is 0.459. The second-order valence-corrected chi connectivity index (χ2v) is 3.17. The van der Waals surface area contributed by atoms with E-state index in [1.165, 1.54) is 0 Å². The summed E-state index contributed by atoms with van der Waals surface area (Å²) in [7, 11) is 1.58. The van der Waals surface area contributed by atoms with Crippen LogP contribution >= 0.6 is 0 Å². The van der Waals surface area contributed by atoms with Crippen LogP contribution in [0, 0.1) is 6.92 Å². The summed E-state index contributed by atoms with van der Waals surface area (Å²) in [5.41, 5.74) is 2.51. The predicted octanol–water partition coefficient (Wildman–Crippen LogP) is 2.90. The summed E-state index contributed by atoms with van der Waals surface area (Å²) >= 11 is 0. The van der Waals surface area contributed by atoms with Crippen LogP contribution in [0.4, 0.5) is 5.69 Å². The SMILES string of the molecule is CN=Nc1c(O)[nH]c2ccc(C)cc12. The van der Waals surface area contributed by atoms with Crippen molar-refractivity contribution in [1.29, 1.82) is 0 Å². The van der Waals surface area contributed by atoms with Crippen molar-refractivity contribution in [3.05, 3.63) is 23.8 Å². The number of aromatic amines is 1. The predicted molar refractivity (Wildman–Crippen MR) is 55.1 cm³/mol. The lowest BCUT2D eigenvalue weighted by Crippen LogP contribution is -1.70. The molecule has 1 heterocycles. The van der Waals surface area contributed by atoms with E-state index >= 15 is 0 Å². The molecule has 0 saturated heterocycles. The fourth-order valence-corrected chi connectivity index (χ4v) is 1.48. The standard InChI is InChI=1S/C10H11N3O/c1-6-3-4-8-7(5-6)9(13-11-2)10(14)12-8/h3-5,12,14H,1-2H3. The Bertz CT molecular complexity index is 499. The fraction of sp³-hybridized carbons (Fsp3) is 0.200. The van der Waals surface area contributed by atoms with Crippen molar-refractivity contribution >= 4 is 16.6 Å². The minimum atomic E-state index is 0.0659. The molecule has 0 spiro atoms. The van der Waals surface area contributed by atoms with Gasteiger partial charge in [0.1, 0.15) is 0 Å². The molecule has 0 unspecified atom stereocenters. The van der Waals surface area contributed by atoms with Crippen LogP contribution < -0.4 is 0 Å². The van der Waals surface area contributed by atoms with E-state index in [2.05, 4.69) is 15.2 Å². The van der Waals surface area contributed by atoms with Gasteiger partial charge in [-0.2, -0.15) is 5.11 Å². The maximum atomic E-state index is 9.55. The molecule has 0 aliphatic rings. The first kappa shape index (κ1) is 8.74. The molecule has 0 aliphatic carbocycles. The molecule has 0 atom stereocenters. The first-order valence-electron chi connectivity index (χ1n) is 4.33. The molecule has 1 aromatic heterocycles. The van der Waals surface area contributed by atoms with Gasteiger partial charge in [0.05, 0.1) is 5.52 Å². The Kier molecular flexibility index (Phi) is 1.96. The Morgan fingerprint density at radius 1 is 1.36 bits per heavy atom. The zero-order valence-electron chi connectivity index (χ0n) is 8.07. The Hall–Kier alpha value is -1.84. The highest BCUT2D eigenvalue weighted by molar-refractivity contribution is 5.94. The van der Waals surface area contributed by atoms with Crippen molar-refractivity contribution in [3.8, 4) is 5.88 Å². The van der Waals surface area contributed by atoms with E-state index in [0.29, 0.717) is 5.69 Å². The lowest BCUT2D eigenvalue weighted by Gasteiger charge is -1.92. The zero-order valence-corrected chi connectivity index (χ0v) is 8.07. The Morgan fingerprint density at radius 2 is 2.14 bits per heavy atom. The van der Waals surface area contributed by atoms with Crippen LogP contribution in [0.5, 0.6) is 5.88 Å². The van der Waals surface area contributed by atoms with Gasteiger partial charge >= 0.3 is 0 Å². The normalized spacial score (nSPS) is 11.6. The molecule has 1 aromatic carbocycles. The molecule has 14 heavy (non-hydrogen) atoms. The minimum Gasteiger partial charge on any atom is -0.493 e. The summed E-state index contributed by atoms with van der Waals surface area (Å²) in [5, 5.41) is 18.0. The van der Waals surface area contributed by atoms with Gasteiger partial charge in [0.2, 0.25) is 5.88 Å². The third-order valence-corrected chi connectivity index (χ3v) is 2.11. The molecule has 4 heteroatoms. The number of nitrogens with one attached hydrogen (secondary N) is 1. The van der Waals surface area contributed by atoms with E-state index < -0.39 is 0 Å². The summed E-state index contributed by atoms with van der Waals surface area (Å²) in [6.07, 6.45) is 0. The smallest absolute Gasteiger partial charge is 0.218 e. The summed E-state index contributed by atoms with van der Waals surface area (Å²) < 4.78 is 0. The number of hydrogen-bond donors (Lipinski definition) is 2. The summed E-state index contributed by atoms with van der Waals surface area (Å²) in [4.78, 5) is 2.84. The molecule has 72 valence electrons. The molecule has 0 saturated carbocycles. The molecule has 0 aliphatic heterocycles. The first-order chi connectivity index (χ1) is 6.72. The van der Waals surface area contributed by atoms with Gasteiger partial charge in [-0.25, -0.2) is 0 Å². The van der Waals surface area contributed by atoms with Crippen LogP contribution in [-0.2, 0) is 0 Å². The van der Waals surface area contributed by atoms with Gasteiger partial charge in [-0.05, 0) is 19.1 Å². The largest absolute Gasteiger partial charge is 0.493 e. The van der Waals surface area contributed by atoms with E-state index in [1.54, 1.807) is 7.05 Å². The monoisotopic (exact) mass is 189 g/mol. The van der Waals surface area contributed by atoms with E-state index in [0.717, 1.165) is 16.5 Å². The summed E-state index contributed by atoms with van der Waals surface area (Å²) in [5.74, 6) is 0.0659. The van der Waals surface area contributed by atoms with Gasteiger partial charge in [-0.3, -0.25) is 0 Å². The molecule has 2 N–H and O–H groups in total. The fourth-order valence-electron chi connectivity index (χ4n) is 1.48. The number of hydrogen-bond acceptors (Lipinski definition) is 3. The van der Waals surface area contributed by atoms with Gasteiger partial charge in [0, 0.05) is 12.4 Å². The van der Waals surface area contributed by atoms with Gasteiger partial charge in [0.15, 0.2) is 5.69 Å². The number of aromatic nitrogens is 1. The van der Waals surface area contributed by atoms with Crippen LogP contribution in [0.3, 0.4) is 0 Å². The number of aryl methyl sites for hydroxylation is 1. The highest BCUT2D eigenvalue weighted by Gasteiger charge is 2.09. The average Bonchev–Trinajstić information content (AvgIpc) is 2.45. The lowest BCUT2D eigenvalue weighted by atomic mass is 10.2. The quantitative estimate of drug-likeness (QED) is 0.665. The topological polar surface area (TPSA) is 60.7 Å². The molecule has 0 bridgehead atoms. The van der Waals surface area contributed by atoms with Crippen molar-refractivity contribution in [2.45, 2.75) is 6.92 Å². The molecular formula is C10H11N3O. The number of azo groups is 1. The van der Waals surface area contributed by atoms with Crippen LogP contribution in [0.15, 0.2) is 28.4 Å².